The molecule has 1 amide bonds. The van der Waals surface area contributed by atoms with E-state index < -0.39 is 0 Å². The number of likely N-dealkylation sites (tertiary alicyclic amines) is 1. The molecule has 2 aromatic rings. The Morgan fingerprint density at radius 2 is 1.79 bits per heavy atom. The molecule has 0 aromatic heterocycles. The van der Waals surface area contributed by atoms with Crippen LogP contribution in [0.2, 0.25) is 5.02 Å². The first-order valence-corrected chi connectivity index (χ1v) is 10.8. The molecule has 4 nitrogen and oxygen atoms in total. The van der Waals surface area contributed by atoms with E-state index in [4.69, 9.17) is 11.6 Å². The third kappa shape index (κ3) is 6.22. The Labute approximate surface area is 180 Å². The number of anilines is 1. The maximum Gasteiger partial charge on any atom is 0.254 e. The van der Waals surface area contributed by atoms with Crippen molar-refractivity contribution in [3.05, 3.63) is 64.7 Å². The van der Waals surface area contributed by atoms with Gasteiger partial charge in [-0.15, -0.1) is 0 Å². The van der Waals surface area contributed by atoms with E-state index in [0.717, 1.165) is 48.9 Å². The predicted octanol–water partition coefficient (Wildman–Crippen LogP) is 4.78. The van der Waals surface area contributed by atoms with E-state index in [9.17, 15) is 4.79 Å². The van der Waals surface area contributed by atoms with Crippen LogP contribution in [0.1, 0.15) is 35.7 Å². The van der Waals surface area contributed by atoms with Crippen molar-refractivity contribution in [2.75, 3.05) is 45.2 Å². The van der Waals surface area contributed by atoms with Crippen molar-refractivity contribution in [1.29, 1.82) is 0 Å². The predicted molar refractivity (Wildman–Crippen MR) is 122 cm³/mol. The van der Waals surface area contributed by atoms with Crippen LogP contribution in [0.5, 0.6) is 0 Å². The zero-order chi connectivity index (χ0) is 20.8. The van der Waals surface area contributed by atoms with E-state index in [1.54, 1.807) is 0 Å². The number of nitrogens with zero attached hydrogens (tertiary/aromatic N) is 3. The number of rotatable bonds is 7. The monoisotopic (exact) mass is 413 g/mol. The fourth-order valence-corrected chi connectivity index (χ4v) is 3.84. The van der Waals surface area contributed by atoms with E-state index >= 15 is 0 Å². The van der Waals surface area contributed by atoms with E-state index in [1.165, 1.54) is 12.8 Å². The Hall–Kier alpha value is -2.04. The normalized spacial score (nSPS) is 15.3. The molecule has 1 aliphatic rings. The Morgan fingerprint density at radius 1 is 1.10 bits per heavy atom. The zero-order valence-corrected chi connectivity index (χ0v) is 18.5. The molecule has 29 heavy (non-hydrogen) atoms. The summed E-state index contributed by atoms with van der Waals surface area (Å²) in [6.45, 7) is 6.81. The lowest BCUT2D eigenvalue weighted by atomic mass is 9.99. The van der Waals surface area contributed by atoms with Crippen LogP contribution in [0.3, 0.4) is 0 Å². The molecular weight excluding hydrogens is 382 g/mol. The van der Waals surface area contributed by atoms with Gasteiger partial charge in [-0.2, -0.15) is 0 Å². The van der Waals surface area contributed by atoms with Crippen LogP contribution in [0.4, 0.5) is 5.69 Å². The van der Waals surface area contributed by atoms with Crippen molar-refractivity contribution < 1.29 is 4.79 Å². The Balaban J connectivity index is 1.74. The van der Waals surface area contributed by atoms with Gasteiger partial charge in [0.15, 0.2) is 0 Å². The molecule has 0 atom stereocenters. The van der Waals surface area contributed by atoms with Gasteiger partial charge in [0.2, 0.25) is 0 Å². The van der Waals surface area contributed by atoms with Crippen molar-refractivity contribution in [3.63, 3.8) is 0 Å². The van der Waals surface area contributed by atoms with Gasteiger partial charge in [-0.3, -0.25) is 4.79 Å². The van der Waals surface area contributed by atoms with E-state index in [1.807, 2.05) is 72.4 Å². The van der Waals surface area contributed by atoms with Gasteiger partial charge in [0, 0.05) is 50.0 Å². The van der Waals surface area contributed by atoms with Crippen molar-refractivity contribution in [3.8, 4) is 0 Å². The number of carbonyl (C=O) groups excluding carboxylic acids is 1. The van der Waals surface area contributed by atoms with E-state index in [-0.39, 0.29) is 5.91 Å². The molecule has 1 fully saturated rings. The summed E-state index contributed by atoms with van der Waals surface area (Å²) in [6, 6.07) is 15.6. The zero-order valence-electron chi connectivity index (χ0n) is 17.8. The number of hydrogen-bond acceptors (Lipinski definition) is 3. The molecule has 2 aromatic carbocycles. The lowest BCUT2D eigenvalue weighted by molar-refractivity contribution is 0.0709. The molecule has 0 saturated carbocycles. The summed E-state index contributed by atoms with van der Waals surface area (Å²) in [4.78, 5) is 19.9. The molecular formula is C24H32ClN3O. The molecule has 156 valence electrons. The van der Waals surface area contributed by atoms with Crippen LogP contribution in [0.25, 0.3) is 0 Å². The van der Waals surface area contributed by atoms with E-state index in [0.29, 0.717) is 11.6 Å². The first-order chi connectivity index (χ1) is 13.9. The standard InChI is InChI=1S/C24H32ClN3O/c1-19-11-13-27(14-12-19)15-16-28(18-20-7-9-22(25)10-8-20)24(29)21-5-4-6-23(17-21)26(2)3/h4-10,17,19H,11-16,18H2,1-3H3. The third-order valence-corrected chi connectivity index (χ3v) is 6.00. The molecule has 3 rings (SSSR count). The van der Waals surface area contributed by atoms with Crippen LogP contribution < -0.4 is 4.90 Å². The molecule has 0 unspecified atom stereocenters. The lowest BCUT2D eigenvalue weighted by Gasteiger charge is -2.32. The molecule has 0 aliphatic carbocycles. The summed E-state index contributed by atoms with van der Waals surface area (Å²) >= 11 is 6.04. The van der Waals surface area contributed by atoms with Crippen molar-refractivity contribution in [2.45, 2.75) is 26.3 Å². The van der Waals surface area contributed by atoms with Gasteiger partial charge < -0.3 is 14.7 Å². The summed E-state index contributed by atoms with van der Waals surface area (Å²) in [5.74, 6) is 0.890. The second-order valence-electron chi connectivity index (χ2n) is 8.32. The van der Waals surface area contributed by atoms with Crippen LogP contribution in [-0.4, -0.2) is 56.0 Å². The Bertz CT molecular complexity index is 798. The third-order valence-electron chi connectivity index (χ3n) is 5.75. The summed E-state index contributed by atoms with van der Waals surface area (Å²) < 4.78 is 0. The Morgan fingerprint density at radius 3 is 2.45 bits per heavy atom. The minimum absolute atomic E-state index is 0.0778. The minimum atomic E-state index is 0.0778. The van der Waals surface area contributed by atoms with Crippen molar-refractivity contribution >= 4 is 23.2 Å². The minimum Gasteiger partial charge on any atom is -0.378 e. The Kier molecular flexibility index (Phi) is 7.57. The largest absolute Gasteiger partial charge is 0.378 e. The number of amides is 1. The molecule has 0 N–H and O–H groups in total. The highest BCUT2D eigenvalue weighted by molar-refractivity contribution is 6.30. The first-order valence-electron chi connectivity index (χ1n) is 10.5. The average Bonchev–Trinajstić information content (AvgIpc) is 2.73. The molecule has 1 saturated heterocycles. The number of hydrogen-bond donors (Lipinski definition) is 0. The number of piperidine rings is 1. The van der Waals surface area contributed by atoms with Gasteiger partial charge in [0.25, 0.3) is 5.91 Å². The average molecular weight is 414 g/mol. The van der Waals surface area contributed by atoms with Crippen LogP contribution in [0.15, 0.2) is 48.5 Å². The SMILES string of the molecule is CC1CCN(CCN(Cc2ccc(Cl)cc2)C(=O)c2cccc(N(C)C)c2)CC1. The second-order valence-corrected chi connectivity index (χ2v) is 8.76. The maximum absolute atomic E-state index is 13.4. The highest BCUT2D eigenvalue weighted by Crippen LogP contribution is 2.19. The van der Waals surface area contributed by atoms with Crippen LogP contribution in [0, 0.1) is 5.92 Å². The van der Waals surface area contributed by atoms with E-state index in [2.05, 4.69) is 11.8 Å². The first kappa shape index (κ1) is 21.7. The number of benzene rings is 2. The highest BCUT2D eigenvalue weighted by Gasteiger charge is 2.20. The van der Waals surface area contributed by atoms with Crippen LogP contribution in [-0.2, 0) is 6.54 Å². The highest BCUT2D eigenvalue weighted by atomic mass is 35.5. The van der Waals surface area contributed by atoms with Crippen LogP contribution >= 0.6 is 11.6 Å². The maximum atomic E-state index is 13.4. The van der Waals surface area contributed by atoms with Gasteiger partial charge in [0.05, 0.1) is 0 Å². The molecule has 0 radical (unpaired) electrons. The van der Waals surface area contributed by atoms with Gasteiger partial charge in [-0.05, 0) is 67.7 Å². The molecule has 0 spiro atoms. The fraction of sp³-hybridized carbons (Fsp3) is 0.458. The molecule has 5 heteroatoms. The van der Waals surface area contributed by atoms with Crippen molar-refractivity contribution in [1.82, 2.24) is 9.80 Å². The van der Waals surface area contributed by atoms with Gasteiger partial charge in [0.1, 0.15) is 0 Å². The van der Waals surface area contributed by atoms with Crippen molar-refractivity contribution in [2.24, 2.45) is 5.92 Å². The summed E-state index contributed by atoms with van der Waals surface area (Å²) in [7, 11) is 3.98. The summed E-state index contributed by atoms with van der Waals surface area (Å²) in [5, 5.41) is 0.716. The second kappa shape index (κ2) is 10.1. The summed E-state index contributed by atoms with van der Waals surface area (Å²) in [6.07, 6.45) is 2.49. The fourth-order valence-electron chi connectivity index (χ4n) is 3.71. The number of halogens is 1. The topological polar surface area (TPSA) is 26.8 Å². The lowest BCUT2D eigenvalue weighted by Crippen LogP contribution is -2.41. The van der Waals surface area contributed by atoms with Gasteiger partial charge >= 0.3 is 0 Å². The molecule has 1 aliphatic heterocycles. The summed E-state index contributed by atoms with van der Waals surface area (Å²) in [5.41, 5.74) is 2.86. The molecule has 0 bridgehead atoms. The molecule has 1 heterocycles. The quantitative estimate of drug-likeness (QED) is 0.653. The number of carbonyl (C=O) groups is 1. The van der Waals surface area contributed by atoms with Gasteiger partial charge in [-0.25, -0.2) is 0 Å². The smallest absolute Gasteiger partial charge is 0.254 e. The van der Waals surface area contributed by atoms with Gasteiger partial charge in [-0.1, -0.05) is 36.7 Å².